The quantitative estimate of drug-likeness (QED) is 0.488. The van der Waals surface area contributed by atoms with E-state index in [1.165, 1.54) is 37.7 Å². The van der Waals surface area contributed by atoms with E-state index in [1.807, 2.05) is 0 Å². The average Bonchev–Trinajstić information content (AvgIpc) is 2.29. The second kappa shape index (κ2) is 2.62. The Kier molecular flexibility index (Phi) is 1.87. The van der Waals surface area contributed by atoms with Gasteiger partial charge in [0.1, 0.15) is 0 Å². The summed E-state index contributed by atoms with van der Waals surface area (Å²) in [5, 5.41) is 0. The highest BCUT2D eigenvalue weighted by Gasteiger charge is 2.50. The summed E-state index contributed by atoms with van der Waals surface area (Å²) in [6.45, 7) is 11.6. The van der Waals surface area contributed by atoms with Crippen molar-refractivity contribution >= 4 is 0 Å². The Morgan fingerprint density at radius 3 is 2.54 bits per heavy atom. The Hall–Kier alpha value is -0.260. The Morgan fingerprint density at radius 2 is 1.92 bits per heavy atom. The lowest BCUT2D eigenvalue weighted by molar-refractivity contribution is 0.0477. The van der Waals surface area contributed by atoms with Crippen molar-refractivity contribution in [1.82, 2.24) is 0 Å². The van der Waals surface area contributed by atoms with Crippen molar-refractivity contribution in [2.45, 2.75) is 52.9 Å². The first kappa shape index (κ1) is 9.30. The Bertz CT molecular complexity index is 236. The summed E-state index contributed by atoms with van der Waals surface area (Å²) in [7, 11) is 0. The summed E-state index contributed by atoms with van der Waals surface area (Å²) in [5.41, 5.74) is 2.58. The molecule has 2 aliphatic carbocycles. The van der Waals surface area contributed by atoms with Crippen LogP contribution in [-0.4, -0.2) is 0 Å². The lowest BCUT2D eigenvalue weighted by Crippen LogP contribution is -2.38. The van der Waals surface area contributed by atoms with Crippen LogP contribution in [0.15, 0.2) is 12.2 Å². The molecule has 0 bridgehead atoms. The van der Waals surface area contributed by atoms with Gasteiger partial charge in [0.2, 0.25) is 0 Å². The minimum atomic E-state index is 0.488. The molecule has 0 nitrogen and oxygen atoms in total. The number of hydrogen-bond acceptors (Lipinski definition) is 0. The van der Waals surface area contributed by atoms with Crippen LogP contribution >= 0.6 is 0 Å². The van der Waals surface area contributed by atoms with E-state index in [9.17, 15) is 0 Å². The van der Waals surface area contributed by atoms with Crippen molar-refractivity contribution in [2.75, 3.05) is 0 Å². The van der Waals surface area contributed by atoms with Crippen LogP contribution < -0.4 is 0 Å². The molecule has 0 radical (unpaired) electrons. The van der Waals surface area contributed by atoms with Crippen molar-refractivity contribution in [1.29, 1.82) is 0 Å². The smallest absolute Gasteiger partial charge is 0.00856 e. The summed E-state index contributed by atoms with van der Waals surface area (Å²) in [6, 6.07) is 0. The number of fused-ring (bicyclic) bond motifs is 1. The van der Waals surface area contributed by atoms with Crippen molar-refractivity contribution in [2.24, 2.45) is 16.7 Å². The standard InChI is InChI=1S/C13H22/c1-10-6-7-11-12(2,3)8-5-9-13(10,11)4/h11H,1,5-9H2,2-4H3/t11?,13-/m1/s1. The summed E-state index contributed by atoms with van der Waals surface area (Å²) < 4.78 is 0. The molecule has 74 valence electrons. The van der Waals surface area contributed by atoms with Gasteiger partial charge in [0, 0.05) is 0 Å². The van der Waals surface area contributed by atoms with E-state index < -0.39 is 0 Å². The molecule has 0 spiro atoms. The van der Waals surface area contributed by atoms with Crippen LogP contribution in [0.3, 0.4) is 0 Å². The van der Waals surface area contributed by atoms with Gasteiger partial charge in [0.05, 0.1) is 0 Å². The molecule has 2 rings (SSSR count). The fraction of sp³-hybridized carbons (Fsp3) is 0.846. The van der Waals surface area contributed by atoms with Crippen molar-refractivity contribution in [3.05, 3.63) is 12.2 Å². The van der Waals surface area contributed by atoms with Gasteiger partial charge in [-0.3, -0.25) is 0 Å². The Balaban J connectivity index is 2.34. The van der Waals surface area contributed by atoms with Crippen molar-refractivity contribution in [3.8, 4) is 0 Å². The van der Waals surface area contributed by atoms with E-state index in [4.69, 9.17) is 0 Å². The molecule has 1 unspecified atom stereocenters. The maximum absolute atomic E-state index is 4.28. The highest BCUT2D eigenvalue weighted by molar-refractivity contribution is 5.20. The third-order valence-electron chi connectivity index (χ3n) is 4.77. The van der Waals surface area contributed by atoms with Gasteiger partial charge in [-0.2, -0.15) is 0 Å². The van der Waals surface area contributed by atoms with Gasteiger partial charge in [-0.25, -0.2) is 0 Å². The molecular weight excluding hydrogens is 156 g/mol. The van der Waals surface area contributed by atoms with E-state index in [-0.39, 0.29) is 0 Å². The van der Waals surface area contributed by atoms with E-state index in [1.54, 1.807) is 0 Å². The average molecular weight is 178 g/mol. The zero-order valence-electron chi connectivity index (χ0n) is 9.32. The molecule has 2 aliphatic rings. The largest absolute Gasteiger partial charge is 0.0993 e. The molecule has 0 amide bonds. The molecule has 0 heterocycles. The predicted molar refractivity (Wildman–Crippen MR) is 57.6 cm³/mol. The van der Waals surface area contributed by atoms with Crippen LogP contribution in [0.1, 0.15) is 52.9 Å². The molecule has 0 N–H and O–H groups in total. The molecule has 0 aromatic heterocycles. The van der Waals surface area contributed by atoms with Crippen LogP contribution in [0, 0.1) is 16.7 Å². The third-order valence-corrected chi connectivity index (χ3v) is 4.77. The van der Waals surface area contributed by atoms with Crippen molar-refractivity contribution in [3.63, 3.8) is 0 Å². The van der Waals surface area contributed by atoms with Gasteiger partial charge >= 0.3 is 0 Å². The zero-order valence-corrected chi connectivity index (χ0v) is 9.32. The molecule has 0 heteroatoms. The van der Waals surface area contributed by atoms with Gasteiger partial charge in [-0.1, -0.05) is 39.3 Å². The molecule has 0 aliphatic heterocycles. The van der Waals surface area contributed by atoms with Crippen LogP contribution in [0.25, 0.3) is 0 Å². The monoisotopic (exact) mass is 178 g/mol. The summed E-state index contributed by atoms with van der Waals surface area (Å²) in [6.07, 6.45) is 6.88. The highest BCUT2D eigenvalue weighted by atomic mass is 14.5. The number of rotatable bonds is 0. The molecule has 2 atom stereocenters. The minimum Gasteiger partial charge on any atom is -0.0993 e. The van der Waals surface area contributed by atoms with Gasteiger partial charge in [0.15, 0.2) is 0 Å². The van der Waals surface area contributed by atoms with Crippen LogP contribution in [-0.2, 0) is 0 Å². The maximum Gasteiger partial charge on any atom is -0.00856 e. The second-order valence-corrected chi connectivity index (χ2v) is 5.95. The van der Waals surface area contributed by atoms with Gasteiger partial charge < -0.3 is 0 Å². The Labute approximate surface area is 82.4 Å². The Morgan fingerprint density at radius 1 is 1.23 bits per heavy atom. The molecule has 2 saturated carbocycles. The van der Waals surface area contributed by atoms with E-state index in [2.05, 4.69) is 27.4 Å². The van der Waals surface area contributed by atoms with E-state index in [0.717, 1.165) is 5.92 Å². The van der Waals surface area contributed by atoms with Gasteiger partial charge in [-0.05, 0) is 42.4 Å². The molecule has 2 fully saturated rings. The van der Waals surface area contributed by atoms with E-state index in [0.29, 0.717) is 10.8 Å². The van der Waals surface area contributed by atoms with Crippen molar-refractivity contribution < 1.29 is 0 Å². The molecular formula is C13H22. The molecule has 0 saturated heterocycles. The lowest BCUT2D eigenvalue weighted by Gasteiger charge is -2.47. The first-order valence-electron chi connectivity index (χ1n) is 5.65. The van der Waals surface area contributed by atoms with Crippen LogP contribution in [0.5, 0.6) is 0 Å². The van der Waals surface area contributed by atoms with Gasteiger partial charge in [-0.15, -0.1) is 0 Å². The normalized spacial score (nSPS) is 43.3. The first-order valence-corrected chi connectivity index (χ1v) is 5.65. The SMILES string of the molecule is C=C1CCC2C(C)(C)CCC[C@]12C. The topological polar surface area (TPSA) is 0 Å². The molecule has 0 aromatic carbocycles. The predicted octanol–water partition coefficient (Wildman–Crippen LogP) is 4.17. The highest BCUT2D eigenvalue weighted by Crippen LogP contribution is 2.60. The minimum absolute atomic E-state index is 0.488. The number of hydrogen-bond donors (Lipinski definition) is 0. The molecule has 0 aromatic rings. The fourth-order valence-corrected chi connectivity index (χ4v) is 3.86. The summed E-state index contributed by atoms with van der Waals surface area (Å²) >= 11 is 0. The maximum atomic E-state index is 4.28. The number of allylic oxidation sites excluding steroid dienone is 1. The first-order chi connectivity index (χ1) is 5.97. The van der Waals surface area contributed by atoms with Gasteiger partial charge in [0.25, 0.3) is 0 Å². The second-order valence-electron chi connectivity index (χ2n) is 5.95. The summed E-state index contributed by atoms with van der Waals surface area (Å²) in [4.78, 5) is 0. The fourth-order valence-electron chi connectivity index (χ4n) is 3.86. The third kappa shape index (κ3) is 1.18. The van der Waals surface area contributed by atoms with E-state index >= 15 is 0 Å². The van der Waals surface area contributed by atoms with Crippen LogP contribution in [0.2, 0.25) is 0 Å². The van der Waals surface area contributed by atoms with Crippen LogP contribution in [0.4, 0.5) is 0 Å². The summed E-state index contributed by atoms with van der Waals surface area (Å²) in [5.74, 6) is 0.904. The molecule has 13 heavy (non-hydrogen) atoms. The zero-order chi connectivity index (χ0) is 9.69. The lowest BCUT2D eigenvalue weighted by atomic mass is 9.57.